The van der Waals surface area contributed by atoms with E-state index in [1.54, 1.807) is 17.9 Å². The second-order valence-corrected chi connectivity index (χ2v) is 9.63. The van der Waals surface area contributed by atoms with Gasteiger partial charge in [0, 0.05) is 24.5 Å². The Balaban J connectivity index is 1.98. The van der Waals surface area contributed by atoms with Gasteiger partial charge < -0.3 is 24.4 Å². The third kappa shape index (κ3) is 4.04. The maximum atomic E-state index is 13.8. The number of likely N-dealkylation sites (tertiary alicyclic amines) is 1. The summed E-state index contributed by atoms with van der Waals surface area (Å²) in [5.74, 6) is -2.56. The van der Waals surface area contributed by atoms with Crippen LogP contribution in [0.25, 0.3) is 0 Å². The van der Waals surface area contributed by atoms with Gasteiger partial charge in [-0.05, 0) is 19.8 Å². The second kappa shape index (κ2) is 10.0. The molecule has 8 nitrogen and oxygen atoms in total. The Kier molecular flexibility index (Phi) is 7.81. The molecule has 6 atom stereocenters. The third-order valence-electron chi connectivity index (χ3n) is 6.62. The van der Waals surface area contributed by atoms with Gasteiger partial charge >= 0.3 is 5.97 Å². The lowest BCUT2D eigenvalue weighted by molar-refractivity contribution is -0.155. The van der Waals surface area contributed by atoms with Gasteiger partial charge in [0.05, 0.1) is 31.2 Å². The fourth-order valence-electron chi connectivity index (χ4n) is 5.44. The summed E-state index contributed by atoms with van der Waals surface area (Å²) in [6.45, 7) is 8.45. The van der Waals surface area contributed by atoms with Gasteiger partial charge in [0.1, 0.15) is 11.6 Å². The van der Waals surface area contributed by atoms with Crippen LogP contribution in [0, 0.1) is 11.8 Å². The molecule has 1 spiro atoms. The topological polar surface area (TPSA) is 96.4 Å². The van der Waals surface area contributed by atoms with Gasteiger partial charge in [0.15, 0.2) is 0 Å². The second-order valence-electron chi connectivity index (χ2n) is 8.45. The molecule has 0 radical (unpaired) electrons. The minimum atomic E-state index is -1.11. The fraction of sp³-hybridized carbons (Fsp3) is 0.773. The highest BCUT2D eigenvalue weighted by atomic mass is 79.9. The summed E-state index contributed by atoms with van der Waals surface area (Å²) in [6.07, 6.45) is 4.47. The van der Waals surface area contributed by atoms with Crippen LogP contribution in [0.15, 0.2) is 12.7 Å². The minimum absolute atomic E-state index is 0.0148. The fourth-order valence-corrected chi connectivity index (χ4v) is 6.38. The zero-order valence-corrected chi connectivity index (χ0v) is 19.9. The molecule has 3 unspecified atom stereocenters. The molecule has 0 aromatic carbocycles. The number of carbonyl (C=O) groups excluding carboxylic acids is 3. The van der Waals surface area contributed by atoms with Crippen molar-refractivity contribution in [1.29, 1.82) is 0 Å². The van der Waals surface area contributed by atoms with Crippen LogP contribution in [-0.4, -0.2) is 88.1 Å². The summed E-state index contributed by atoms with van der Waals surface area (Å²) in [5.41, 5.74) is -1.11. The summed E-state index contributed by atoms with van der Waals surface area (Å²) in [4.78, 5) is 43.0. The van der Waals surface area contributed by atoms with Crippen LogP contribution in [0.2, 0.25) is 0 Å². The third-order valence-corrected chi connectivity index (χ3v) is 7.46. The number of fused-ring (bicyclic) bond motifs is 1. The normalized spacial score (nSPS) is 33.5. The molecule has 1 N–H and O–H groups in total. The molecule has 3 aliphatic rings. The van der Waals surface area contributed by atoms with E-state index in [1.165, 1.54) is 4.90 Å². The Morgan fingerprint density at radius 3 is 2.77 bits per heavy atom. The molecule has 0 aromatic heterocycles. The van der Waals surface area contributed by atoms with Crippen molar-refractivity contribution in [3.8, 4) is 0 Å². The number of alkyl halides is 1. The van der Waals surface area contributed by atoms with E-state index >= 15 is 0 Å². The molecule has 3 heterocycles. The molecule has 9 heteroatoms. The zero-order chi connectivity index (χ0) is 22.8. The van der Waals surface area contributed by atoms with Gasteiger partial charge in [-0.1, -0.05) is 41.8 Å². The lowest BCUT2D eigenvalue weighted by atomic mass is 9.70. The van der Waals surface area contributed by atoms with E-state index < -0.39 is 35.6 Å². The first-order chi connectivity index (χ1) is 14.9. The highest BCUT2D eigenvalue weighted by molar-refractivity contribution is 9.09. The number of unbranched alkanes of at least 4 members (excludes halogenated alkanes) is 2. The van der Waals surface area contributed by atoms with Crippen molar-refractivity contribution in [1.82, 2.24) is 9.80 Å². The summed E-state index contributed by atoms with van der Waals surface area (Å²) >= 11 is 3.61. The number of hydrogen-bond donors (Lipinski definition) is 1. The standard InChI is InChI=1S/C22H33BrN2O6/c1-4-7-8-10-24(9-5-2)20(28)18-22-13-14(23)17(31-22)15(21(29)30-6-3)16(22)19(27)25(18)11-12-26/h5,14-18,26H,2,4,6-13H2,1,3H3/t14?,15-,16+,17-,18?,22?/m1/s1. The van der Waals surface area contributed by atoms with Crippen LogP contribution in [0.5, 0.6) is 0 Å². The van der Waals surface area contributed by atoms with Crippen LogP contribution in [0.3, 0.4) is 0 Å². The van der Waals surface area contributed by atoms with E-state index in [-0.39, 0.29) is 36.4 Å². The molecule has 3 fully saturated rings. The van der Waals surface area contributed by atoms with Crippen molar-refractivity contribution in [3.05, 3.63) is 12.7 Å². The molecular weight excluding hydrogens is 468 g/mol. The first-order valence-corrected chi connectivity index (χ1v) is 12.1. The van der Waals surface area contributed by atoms with Gasteiger partial charge in [0.2, 0.25) is 11.8 Å². The number of carbonyl (C=O) groups is 3. The molecule has 0 aliphatic carbocycles. The molecule has 3 aliphatic heterocycles. The van der Waals surface area contributed by atoms with Crippen LogP contribution in [0.1, 0.15) is 39.5 Å². The predicted molar refractivity (Wildman–Crippen MR) is 117 cm³/mol. The minimum Gasteiger partial charge on any atom is -0.466 e. The molecule has 2 amide bonds. The van der Waals surface area contributed by atoms with Crippen molar-refractivity contribution in [2.24, 2.45) is 11.8 Å². The molecule has 174 valence electrons. The monoisotopic (exact) mass is 500 g/mol. The number of aliphatic hydroxyl groups excluding tert-OH is 1. The van der Waals surface area contributed by atoms with Crippen LogP contribution in [0.4, 0.5) is 0 Å². The number of nitrogens with zero attached hydrogens (tertiary/aromatic N) is 2. The van der Waals surface area contributed by atoms with Gasteiger partial charge in [-0.3, -0.25) is 14.4 Å². The Morgan fingerprint density at radius 1 is 1.42 bits per heavy atom. The lowest BCUT2D eigenvalue weighted by Gasteiger charge is -2.37. The average Bonchev–Trinajstić information content (AvgIpc) is 3.32. The van der Waals surface area contributed by atoms with Crippen molar-refractivity contribution in [2.45, 2.75) is 62.1 Å². The number of aliphatic hydroxyl groups is 1. The molecule has 0 aromatic rings. The van der Waals surface area contributed by atoms with Gasteiger partial charge in [-0.2, -0.15) is 0 Å². The summed E-state index contributed by atoms with van der Waals surface area (Å²) in [7, 11) is 0. The van der Waals surface area contributed by atoms with Crippen molar-refractivity contribution < 1.29 is 29.0 Å². The number of amides is 2. The molecule has 0 saturated carbocycles. The zero-order valence-electron chi connectivity index (χ0n) is 18.3. The Hall–Kier alpha value is -1.45. The van der Waals surface area contributed by atoms with Crippen molar-refractivity contribution in [3.63, 3.8) is 0 Å². The number of β-amino-alcohol motifs (C(OH)–C–C–N with tert-alkyl or cyclic N) is 1. The average molecular weight is 501 g/mol. The molecule has 3 saturated heterocycles. The summed E-state index contributed by atoms with van der Waals surface area (Å²) in [5, 5.41) is 9.62. The van der Waals surface area contributed by atoms with E-state index in [2.05, 4.69) is 29.4 Å². The molecule has 2 bridgehead atoms. The molecule has 3 rings (SSSR count). The number of ether oxygens (including phenoxy) is 2. The van der Waals surface area contributed by atoms with Crippen LogP contribution >= 0.6 is 15.9 Å². The molecular formula is C22H33BrN2O6. The van der Waals surface area contributed by atoms with Crippen LogP contribution in [-0.2, 0) is 23.9 Å². The van der Waals surface area contributed by atoms with Gasteiger partial charge in [-0.15, -0.1) is 6.58 Å². The first kappa shape index (κ1) is 24.2. The van der Waals surface area contributed by atoms with Crippen LogP contribution < -0.4 is 0 Å². The van der Waals surface area contributed by atoms with E-state index in [0.717, 1.165) is 19.3 Å². The van der Waals surface area contributed by atoms with Crippen molar-refractivity contribution >= 4 is 33.7 Å². The Bertz CT molecular complexity index is 718. The van der Waals surface area contributed by atoms with E-state index in [9.17, 15) is 19.5 Å². The SMILES string of the molecule is C=CCN(CCCCC)C(=O)C1N(CCO)C(=O)[C@@H]2[C@@H](C(=O)OCC)[C@@H]3OC12CC3Br. The highest BCUT2D eigenvalue weighted by Gasteiger charge is 2.77. The van der Waals surface area contributed by atoms with Crippen molar-refractivity contribution in [2.75, 3.05) is 32.8 Å². The Labute approximate surface area is 192 Å². The summed E-state index contributed by atoms with van der Waals surface area (Å²) in [6, 6.07) is -0.886. The number of esters is 1. The Morgan fingerprint density at radius 2 is 2.16 bits per heavy atom. The first-order valence-electron chi connectivity index (χ1n) is 11.2. The largest absolute Gasteiger partial charge is 0.466 e. The predicted octanol–water partition coefficient (Wildman–Crippen LogP) is 1.49. The smallest absolute Gasteiger partial charge is 0.312 e. The maximum absolute atomic E-state index is 13.8. The molecule has 31 heavy (non-hydrogen) atoms. The summed E-state index contributed by atoms with van der Waals surface area (Å²) < 4.78 is 11.6. The van der Waals surface area contributed by atoms with Gasteiger partial charge in [-0.25, -0.2) is 0 Å². The number of hydrogen-bond acceptors (Lipinski definition) is 6. The quantitative estimate of drug-likeness (QED) is 0.200. The lowest BCUT2D eigenvalue weighted by Crippen LogP contribution is -2.57. The van der Waals surface area contributed by atoms with E-state index in [1.807, 2.05) is 0 Å². The van der Waals surface area contributed by atoms with Gasteiger partial charge in [0.25, 0.3) is 0 Å². The van der Waals surface area contributed by atoms with E-state index in [4.69, 9.17) is 9.47 Å². The maximum Gasteiger partial charge on any atom is 0.312 e. The van der Waals surface area contributed by atoms with E-state index in [0.29, 0.717) is 19.5 Å². The highest BCUT2D eigenvalue weighted by Crippen LogP contribution is 2.60. The number of rotatable bonds is 11. The number of halogens is 1.